The number of aromatic nitrogens is 2. The van der Waals surface area contributed by atoms with Gasteiger partial charge in [-0.2, -0.15) is 0 Å². The van der Waals surface area contributed by atoms with Crippen molar-refractivity contribution in [1.29, 1.82) is 0 Å². The van der Waals surface area contributed by atoms with Crippen LogP contribution in [0.15, 0.2) is 36.7 Å². The number of benzene rings is 1. The lowest BCUT2D eigenvalue weighted by molar-refractivity contribution is -0.110. The maximum atomic E-state index is 11.9. The molecule has 0 bridgehead atoms. The summed E-state index contributed by atoms with van der Waals surface area (Å²) in [7, 11) is 3.38. The lowest BCUT2D eigenvalue weighted by Gasteiger charge is -2.21. The van der Waals surface area contributed by atoms with Crippen LogP contribution in [-0.2, 0) is 4.79 Å². The minimum absolute atomic E-state index is 0.0255. The van der Waals surface area contributed by atoms with Crippen LogP contribution < -0.4 is 5.32 Å². The molecule has 2 aromatic rings. The van der Waals surface area contributed by atoms with E-state index in [0.717, 1.165) is 12.7 Å². The summed E-state index contributed by atoms with van der Waals surface area (Å²) in [5, 5.41) is 3.23. The van der Waals surface area contributed by atoms with E-state index in [-0.39, 0.29) is 17.7 Å². The van der Waals surface area contributed by atoms with Gasteiger partial charge in [0, 0.05) is 44.9 Å². The Morgan fingerprint density at radius 1 is 1.23 bits per heavy atom. The number of carbonyl (C=O) groups excluding carboxylic acids is 2. The van der Waals surface area contributed by atoms with E-state index < -0.39 is 0 Å². The smallest absolute Gasteiger partial charge is 0.256 e. The van der Waals surface area contributed by atoms with Crippen LogP contribution in [-0.4, -0.2) is 47.7 Å². The molecule has 6 heteroatoms. The first-order chi connectivity index (χ1) is 12.4. The highest BCUT2D eigenvalue weighted by Gasteiger charge is 2.17. The molecule has 2 unspecified atom stereocenters. The zero-order valence-electron chi connectivity index (χ0n) is 15.8. The fraction of sp³-hybridized carbons (Fsp3) is 0.400. The Bertz CT molecular complexity index is 744. The quantitative estimate of drug-likeness (QED) is 0.738. The summed E-state index contributed by atoms with van der Waals surface area (Å²) in [5.74, 6) is 0.484. The highest BCUT2D eigenvalue weighted by Crippen LogP contribution is 2.26. The normalized spacial score (nSPS) is 12.9. The Hall–Kier alpha value is -2.76. The predicted octanol–water partition coefficient (Wildman–Crippen LogP) is 2.91. The molecule has 138 valence electrons. The summed E-state index contributed by atoms with van der Waals surface area (Å²) >= 11 is 0. The molecule has 1 aromatic carbocycles. The van der Waals surface area contributed by atoms with Crippen LogP contribution in [0, 0.1) is 12.8 Å². The van der Waals surface area contributed by atoms with Gasteiger partial charge in [0.05, 0.1) is 5.56 Å². The highest BCUT2D eigenvalue weighted by molar-refractivity contribution is 5.93. The van der Waals surface area contributed by atoms with Gasteiger partial charge in [0.2, 0.25) is 5.95 Å². The van der Waals surface area contributed by atoms with Crippen molar-refractivity contribution >= 4 is 18.1 Å². The average molecular weight is 354 g/mol. The predicted molar refractivity (Wildman–Crippen MR) is 102 cm³/mol. The number of nitrogens with one attached hydrogen (secondary N) is 1. The molecule has 0 aliphatic carbocycles. The fourth-order valence-corrected chi connectivity index (χ4v) is 2.87. The summed E-state index contributed by atoms with van der Waals surface area (Å²) in [5.41, 5.74) is 2.86. The van der Waals surface area contributed by atoms with Crippen molar-refractivity contribution in [3.05, 3.63) is 53.3 Å². The maximum absolute atomic E-state index is 11.9. The number of hydrogen-bond acceptors (Lipinski definition) is 5. The van der Waals surface area contributed by atoms with E-state index in [4.69, 9.17) is 0 Å². The highest BCUT2D eigenvalue weighted by atomic mass is 16.2. The van der Waals surface area contributed by atoms with Crippen LogP contribution in [0.3, 0.4) is 0 Å². The van der Waals surface area contributed by atoms with E-state index >= 15 is 0 Å². The lowest BCUT2D eigenvalue weighted by Crippen LogP contribution is -2.22. The van der Waals surface area contributed by atoms with Crippen LogP contribution in [0.4, 0.5) is 5.95 Å². The topological polar surface area (TPSA) is 75.2 Å². The number of hydrogen-bond donors (Lipinski definition) is 1. The van der Waals surface area contributed by atoms with Crippen LogP contribution in [0.5, 0.6) is 0 Å². The summed E-state index contributed by atoms with van der Waals surface area (Å²) in [6.45, 7) is 4.62. The molecule has 6 nitrogen and oxygen atoms in total. The number of aryl methyl sites for hydroxylation is 1. The third kappa shape index (κ3) is 5.12. The van der Waals surface area contributed by atoms with Gasteiger partial charge in [-0.1, -0.05) is 31.2 Å². The first-order valence-corrected chi connectivity index (χ1v) is 8.70. The molecule has 0 radical (unpaired) electrons. The molecule has 0 saturated heterocycles. The average Bonchev–Trinajstić information content (AvgIpc) is 2.65. The van der Waals surface area contributed by atoms with Crippen molar-refractivity contribution in [3.8, 4) is 0 Å². The Morgan fingerprint density at radius 3 is 2.46 bits per heavy atom. The minimum Gasteiger partial charge on any atom is -0.354 e. The molecule has 1 heterocycles. The van der Waals surface area contributed by atoms with Crippen LogP contribution >= 0.6 is 0 Å². The molecular weight excluding hydrogens is 328 g/mol. The van der Waals surface area contributed by atoms with E-state index in [1.165, 1.54) is 28.4 Å². The van der Waals surface area contributed by atoms with E-state index in [1.807, 2.05) is 19.1 Å². The molecule has 0 aliphatic rings. The Kier molecular flexibility index (Phi) is 6.83. The van der Waals surface area contributed by atoms with Crippen molar-refractivity contribution in [2.24, 2.45) is 5.92 Å². The monoisotopic (exact) mass is 354 g/mol. The van der Waals surface area contributed by atoms with Gasteiger partial charge in [0.15, 0.2) is 0 Å². The summed E-state index contributed by atoms with van der Waals surface area (Å²) in [4.78, 5) is 32.9. The van der Waals surface area contributed by atoms with Gasteiger partial charge in [0.25, 0.3) is 5.91 Å². The van der Waals surface area contributed by atoms with E-state index in [0.29, 0.717) is 18.1 Å². The largest absolute Gasteiger partial charge is 0.354 e. The molecule has 1 aromatic heterocycles. The van der Waals surface area contributed by atoms with Gasteiger partial charge in [-0.05, 0) is 24.5 Å². The first kappa shape index (κ1) is 19.6. The van der Waals surface area contributed by atoms with Crippen molar-refractivity contribution < 1.29 is 9.59 Å². The van der Waals surface area contributed by atoms with Crippen LogP contribution in [0.25, 0.3) is 0 Å². The number of carbonyl (C=O) groups is 2. The first-order valence-electron chi connectivity index (χ1n) is 8.70. The van der Waals surface area contributed by atoms with Gasteiger partial charge in [-0.15, -0.1) is 0 Å². The number of anilines is 1. The molecule has 0 saturated carbocycles. The van der Waals surface area contributed by atoms with Crippen molar-refractivity contribution in [3.63, 3.8) is 0 Å². The third-order valence-electron chi connectivity index (χ3n) is 4.33. The van der Waals surface area contributed by atoms with Crippen molar-refractivity contribution in [2.45, 2.75) is 26.2 Å². The van der Waals surface area contributed by atoms with E-state index in [1.54, 1.807) is 14.1 Å². The molecular formula is C20H26N4O2. The molecule has 2 rings (SSSR count). The lowest BCUT2D eigenvalue weighted by atomic mass is 9.87. The third-order valence-corrected chi connectivity index (χ3v) is 4.33. The Balaban J connectivity index is 2.10. The van der Waals surface area contributed by atoms with E-state index in [2.05, 4.69) is 34.3 Å². The second-order valence-corrected chi connectivity index (χ2v) is 6.78. The number of nitrogens with zero attached hydrogens (tertiary/aromatic N) is 3. The zero-order chi connectivity index (χ0) is 19.1. The molecule has 0 fully saturated rings. The summed E-state index contributed by atoms with van der Waals surface area (Å²) < 4.78 is 0. The number of rotatable bonds is 8. The van der Waals surface area contributed by atoms with E-state index in [9.17, 15) is 9.59 Å². The maximum Gasteiger partial charge on any atom is 0.256 e. The molecule has 1 N–H and O–H groups in total. The SMILES string of the molecule is Cc1ccccc1C(CNc1ncc(C(=O)N(C)C)cn1)CC(C)C=O. The van der Waals surface area contributed by atoms with Gasteiger partial charge in [0.1, 0.15) is 6.29 Å². The molecule has 26 heavy (non-hydrogen) atoms. The molecule has 0 spiro atoms. The Labute approximate surface area is 154 Å². The number of amides is 1. The molecule has 1 amide bonds. The molecule has 0 aliphatic heterocycles. The van der Waals surface area contributed by atoms with Gasteiger partial charge >= 0.3 is 0 Å². The second kappa shape index (κ2) is 9.08. The minimum atomic E-state index is -0.130. The zero-order valence-corrected chi connectivity index (χ0v) is 15.8. The van der Waals surface area contributed by atoms with Crippen molar-refractivity contribution in [2.75, 3.05) is 26.0 Å². The van der Waals surface area contributed by atoms with Gasteiger partial charge in [-0.25, -0.2) is 9.97 Å². The molecule has 2 atom stereocenters. The van der Waals surface area contributed by atoms with Gasteiger partial charge < -0.3 is 15.0 Å². The number of aldehydes is 1. The fourth-order valence-electron chi connectivity index (χ4n) is 2.87. The summed E-state index contributed by atoms with van der Waals surface area (Å²) in [6.07, 6.45) is 4.78. The van der Waals surface area contributed by atoms with Crippen molar-refractivity contribution in [1.82, 2.24) is 14.9 Å². The second-order valence-electron chi connectivity index (χ2n) is 6.78. The summed E-state index contributed by atoms with van der Waals surface area (Å²) in [6, 6.07) is 8.19. The van der Waals surface area contributed by atoms with Crippen LogP contribution in [0.1, 0.15) is 40.7 Å². The van der Waals surface area contributed by atoms with Crippen LogP contribution in [0.2, 0.25) is 0 Å². The standard InChI is InChI=1S/C20H26N4O2/c1-14(13-25)9-16(18-8-6-5-7-15(18)2)10-21-20-22-11-17(12-23-20)19(26)24(3)4/h5-8,11-14,16H,9-10H2,1-4H3,(H,21,22,23). The van der Waals surface area contributed by atoms with Gasteiger partial charge in [-0.3, -0.25) is 4.79 Å². The Morgan fingerprint density at radius 2 is 1.88 bits per heavy atom.